The average Bonchev–Trinajstić information content (AvgIpc) is 2.46. The van der Waals surface area contributed by atoms with Crippen molar-refractivity contribution in [3.05, 3.63) is 34.4 Å². The maximum absolute atomic E-state index is 11.7. The number of ether oxygens (including phenoxy) is 2. The summed E-state index contributed by atoms with van der Waals surface area (Å²) in [6.45, 7) is 1.68. The minimum atomic E-state index is -1.27. The molecule has 1 atom stereocenters. The van der Waals surface area contributed by atoms with Gasteiger partial charge in [0.1, 0.15) is 5.75 Å². The molecule has 10 nitrogen and oxygen atoms in total. The molecule has 1 N–H and O–H groups in total. The second kappa shape index (κ2) is 8.32. The highest BCUT2D eigenvalue weighted by Gasteiger charge is 2.20. The number of anilines is 1. The summed E-state index contributed by atoms with van der Waals surface area (Å²) in [5, 5.41) is 11.3. The minimum Gasteiger partial charge on any atom is -0.449 e. The highest BCUT2D eigenvalue weighted by molar-refractivity contribution is 5.88. The SMILES string of the molecule is CC(=O)Nc1ccc(OC(=O)C(C)OC(=O)CO[N+](=O)[O-])cc1. The van der Waals surface area contributed by atoms with E-state index in [0.717, 1.165) is 0 Å². The summed E-state index contributed by atoms with van der Waals surface area (Å²) < 4.78 is 9.57. The van der Waals surface area contributed by atoms with Crippen LogP contribution < -0.4 is 10.1 Å². The summed E-state index contributed by atoms with van der Waals surface area (Å²) in [5.74, 6) is -2.01. The van der Waals surface area contributed by atoms with Crippen LogP contribution in [0, 0.1) is 10.1 Å². The molecule has 0 aliphatic heterocycles. The van der Waals surface area contributed by atoms with Gasteiger partial charge in [-0.15, -0.1) is 10.1 Å². The van der Waals surface area contributed by atoms with Crippen molar-refractivity contribution in [2.24, 2.45) is 0 Å². The summed E-state index contributed by atoms with van der Waals surface area (Å²) >= 11 is 0. The molecule has 0 radical (unpaired) electrons. The molecule has 23 heavy (non-hydrogen) atoms. The second-order valence-electron chi connectivity index (χ2n) is 4.26. The number of nitrogens with zero attached hydrogens (tertiary/aromatic N) is 1. The number of carbonyl (C=O) groups excluding carboxylic acids is 3. The zero-order valence-corrected chi connectivity index (χ0v) is 12.3. The van der Waals surface area contributed by atoms with E-state index >= 15 is 0 Å². The first kappa shape index (κ1) is 17.9. The van der Waals surface area contributed by atoms with Crippen LogP contribution in [0.15, 0.2) is 24.3 Å². The smallest absolute Gasteiger partial charge is 0.352 e. The van der Waals surface area contributed by atoms with Crippen LogP contribution >= 0.6 is 0 Å². The van der Waals surface area contributed by atoms with Crippen LogP contribution in [0.25, 0.3) is 0 Å². The summed E-state index contributed by atoms with van der Waals surface area (Å²) in [5.41, 5.74) is 0.522. The number of nitrogens with one attached hydrogen (secondary N) is 1. The number of amides is 1. The molecule has 0 aromatic heterocycles. The fraction of sp³-hybridized carbons (Fsp3) is 0.308. The lowest BCUT2D eigenvalue weighted by Gasteiger charge is -2.12. The maximum Gasteiger partial charge on any atom is 0.352 e. The van der Waals surface area contributed by atoms with Crippen LogP contribution in [-0.4, -0.2) is 35.6 Å². The van der Waals surface area contributed by atoms with Crippen molar-refractivity contribution in [3.8, 4) is 5.75 Å². The molecule has 0 heterocycles. The molecule has 0 saturated carbocycles. The molecule has 0 saturated heterocycles. The van der Waals surface area contributed by atoms with Crippen molar-refractivity contribution in [3.63, 3.8) is 0 Å². The third-order valence-electron chi connectivity index (χ3n) is 2.32. The van der Waals surface area contributed by atoms with E-state index in [0.29, 0.717) is 5.69 Å². The van der Waals surface area contributed by atoms with Gasteiger partial charge in [-0.1, -0.05) is 0 Å². The quantitative estimate of drug-likeness (QED) is 0.335. The molecule has 0 aliphatic rings. The zero-order chi connectivity index (χ0) is 17.4. The fourth-order valence-corrected chi connectivity index (χ4v) is 1.39. The van der Waals surface area contributed by atoms with E-state index in [2.05, 4.69) is 14.9 Å². The molecular weight excluding hydrogens is 312 g/mol. The Balaban J connectivity index is 2.49. The first-order valence-corrected chi connectivity index (χ1v) is 6.34. The lowest BCUT2D eigenvalue weighted by molar-refractivity contribution is -0.754. The first-order valence-electron chi connectivity index (χ1n) is 6.34. The second-order valence-corrected chi connectivity index (χ2v) is 4.26. The molecule has 0 fully saturated rings. The number of benzene rings is 1. The van der Waals surface area contributed by atoms with Crippen molar-refractivity contribution in [1.82, 2.24) is 0 Å². The number of rotatable bonds is 7. The van der Waals surface area contributed by atoms with E-state index in [9.17, 15) is 24.5 Å². The normalized spacial score (nSPS) is 11.0. The van der Waals surface area contributed by atoms with Crippen LogP contribution in [0.4, 0.5) is 5.69 Å². The van der Waals surface area contributed by atoms with E-state index in [-0.39, 0.29) is 11.7 Å². The summed E-state index contributed by atoms with van der Waals surface area (Å²) in [6.07, 6.45) is -1.27. The zero-order valence-electron chi connectivity index (χ0n) is 12.3. The highest BCUT2D eigenvalue weighted by Crippen LogP contribution is 2.16. The third-order valence-corrected chi connectivity index (χ3v) is 2.32. The van der Waals surface area contributed by atoms with E-state index in [1.54, 1.807) is 0 Å². The molecular formula is C13H14N2O8. The van der Waals surface area contributed by atoms with Gasteiger partial charge in [0.05, 0.1) is 0 Å². The Morgan fingerprint density at radius 1 is 1.26 bits per heavy atom. The van der Waals surface area contributed by atoms with Crippen LogP contribution in [0.3, 0.4) is 0 Å². The van der Waals surface area contributed by atoms with Gasteiger partial charge >= 0.3 is 11.9 Å². The number of hydrogen-bond donors (Lipinski definition) is 1. The molecule has 1 amide bonds. The predicted octanol–water partition coefficient (Wildman–Crippen LogP) is 0.690. The standard InChI is InChI=1S/C13H14N2O8/c1-8(22-12(17)7-21-15(19)20)13(18)23-11-5-3-10(4-6-11)14-9(2)16/h3-6,8H,7H2,1-2H3,(H,14,16). The van der Waals surface area contributed by atoms with Crippen molar-refractivity contribution < 1.29 is 33.8 Å². The molecule has 0 spiro atoms. The van der Waals surface area contributed by atoms with Gasteiger partial charge in [0.25, 0.3) is 5.09 Å². The summed E-state index contributed by atoms with van der Waals surface area (Å²) in [4.78, 5) is 47.5. The van der Waals surface area contributed by atoms with Crippen molar-refractivity contribution >= 4 is 23.5 Å². The Bertz CT molecular complexity index is 598. The summed E-state index contributed by atoms with van der Waals surface area (Å²) in [6, 6.07) is 5.92. The van der Waals surface area contributed by atoms with Crippen LogP contribution in [0.2, 0.25) is 0 Å². The molecule has 10 heteroatoms. The Labute approximate surface area is 130 Å². The lowest BCUT2D eigenvalue weighted by atomic mass is 10.3. The van der Waals surface area contributed by atoms with Crippen LogP contribution in [-0.2, 0) is 24.0 Å². The summed E-state index contributed by atoms with van der Waals surface area (Å²) in [7, 11) is 0. The van der Waals surface area contributed by atoms with Gasteiger partial charge in [-0.2, -0.15) is 0 Å². The van der Waals surface area contributed by atoms with Gasteiger partial charge in [0, 0.05) is 12.6 Å². The maximum atomic E-state index is 11.7. The van der Waals surface area contributed by atoms with Gasteiger partial charge in [-0.05, 0) is 31.2 Å². The van der Waals surface area contributed by atoms with E-state index in [4.69, 9.17) is 4.74 Å². The van der Waals surface area contributed by atoms with E-state index in [1.807, 2.05) is 0 Å². The largest absolute Gasteiger partial charge is 0.449 e. The lowest BCUT2D eigenvalue weighted by Crippen LogP contribution is -2.30. The van der Waals surface area contributed by atoms with E-state index < -0.39 is 29.7 Å². The van der Waals surface area contributed by atoms with Gasteiger partial charge in [0.15, 0.2) is 12.7 Å². The monoisotopic (exact) mass is 326 g/mol. The van der Waals surface area contributed by atoms with Crippen molar-refractivity contribution in [2.75, 3.05) is 11.9 Å². The fourth-order valence-electron chi connectivity index (χ4n) is 1.39. The molecule has 1 rings (SSSR count). The molecule has 1 aromatic rings. The predicted molar refractivity (Wildman–Crippen MR) is 74.9 cm³/mol. The molecule has 1 unspecified atom stereocenters. The van der Waals surface area contributed by atoms with Gasteiger partial charge in [-0.3, -0.25) is 4.79 Å². The average molecular weight is 326 g/mol. The van der Waals surface area contributed by atoms with Crippen molar-refractivity contribution in [1.29, 1.82) is 0 Å². The Morgan fingerprint density at radius 2 is 1.87 bits per heavy atom. The molecule has 124 valence electrons. The molecule has 1 aromatic carbocycles. The van der Waals surface area contributed by atoms with Gasteiger partial charge in [-0.25, -0.2) is 9.59 Å². The topological polar surface area (TPSA) is 134 Å². The molecule has 0 bridgehead atoms. The van der Waals surface area contributed by atoms with Crippen LogP contribution in [0.1, 0.15) is 13.8 Å². The number of carbonyl (C=O) groups is 3. The van der Waals surface area contributed by atoms with Gasteiger partial charge in [0.2, 0.25) is 5.91 Å². The van der Waals surface area contributed by atoms with Gasteiger partial charge < -0.3 is 19.6 Å². The molecule has 0 aliphatic carbocycles. The van der Waals surface area contributed by atoms with Crippen molar-refractivity contribution in [2.45, 2.75) is 20.0 Å². The minimum absolute atomic E-state index is 0.175. The first-order chi connectivity index (χ1) is 10.8. The third kappa shape index (κ3) is 6.89. The Kier molecular flexibility index (Phi) is 6.46. The highest BCUT2D eigenvalue weighted by atomic mass is 17.0. The van der Waals surface area contributed by atoms with E-state index in [1.165, 1.54) is 38.1 Å². The van der Waals surface area contributed by atoms with Crippen LogP contribution in [0.5, 0.6) is 5.75 Å². The Morgan fingerprint density at radius 3 is 2.39 bits per heavy atom. The number of esters is 2. The Hall–Kier alpha value is -3.17. The number of hydrogen-bond acceptors (Lipinski definition) is 8.